The first kappa shape index (κ1) is 14.6. The molecule has 0 radical (unpaired) electrons. The molecule has 102 valence electrons. The van der Waals surface area contributed by atoms with Crippen molar-refractivity contribution in [1.82, 2.24) is 20.2 Å². The first-order chi connectivity index (χ1) is 8.53. The van der Waals surface area contributed by atoms with Crippen LogP contribution in [-0.2, 0) is 22.7 Å². The average Bonchev–Trinajstić information content (AvgIpc) is 2.76. The van der Waals surface area contributed by atoms with Gasteiger partial charge in [-0.2, -0.15) is 0 Å². The van der Waals surface area contributed by atoms with Crippen LogP contribution in [0.3, 0.4) is 0 Å². The molecule has 1 unspecified atom stereocenters. The van der Waals surface area contributed by atoms with Crippen molar-refractivity contribution in [3.63, 3.8) is 0 Å². The highest BCUT2D eigenvalue weighted by atomic mass is 16.5. The van der Waals surface area contributed by atoms with Crippen molar-refractivity contribution in [3.05, 3.63) is 5.82 Å². The summed E-state index contributed by atoms with van der Waals surface area (Å²) in [7, 11) is 0. The Kier molecular flexibility index (Phi) is 5.21. The molecule has 1 aromatic rings. The van der Waals surface area contributed by atoms with Crippen LogP contribution >= 0.6 is 0 Å². The number of carbonyl (C=O) groups is 1. The maximum atomic E-state index is 11.2. The van der Waals surface area contributed by atoms with Gasteiger partial charge < -0.3 is 9.84 Å². The SMILES string of the molecule is CCCOCc1nnnn1CC(C)(CC)C(=O)O. The van der Waals surface area contributed by atoms with E-state index >= 15 is 0 Å². The van der Waals surface area contributed by atoms with Crippen LogP contribution in [0.25, 0.3) is 0 Å². The number of aromatic nitrogens is 4. The fourth-order valence-electron chi connectivity index (χ4n) is 1.42. The molecule has 7 heteroatoms. The first-order valence-corrected chi connectivity index (χ1v) is 6.09. The number of hydrogen-bond donors (Lipinski definition) is 1. The maximum absolute atomic E-state index is 11.2. The molecule has 0 aromatic carbocycles. The van der Waals surface area contributed by atoms with E-state index in [0.29, 0.717) is 25.5 Å². The number of tetrazole rings is 1. The van der Waals surface area contributed by atoms with Crippen molar-refractivity contribution in [3.8, 4) is 0 Å². The van der Waals surface area contributed by atoms with Gasteiger partial charge in [-0.3, -0.25) is 4.79 Å². The molecule has 1 N–H and O–H groups in total. The zero-order valence-electron chi connectivity index (χ0n) is 11.1. The molecule has 0 aliphatic carbocycles. The van der Waals surface area contributed by atoms with E-state index in [2.05, 4.69) is 15.5 Å². The smallest absolute Gasteiger partial charge is 0.311 e. The van der Waals surface area contributed by atoms with E-state index in [1.165, 1.54) is 4.68 Å². The average molecular weight is 256 g/mol. The van der Waals surface area contributed by atoms with Crippen molar-refractivity contribution in [2.24, 2.45) is 5.41 Å². The van der Waals surface area contributed by atoms with Gasteiger partial charge >= 0.3 is 5.97 Å². The van der Waals surface area contributed by atoms with Crippen molar-refractivity contribution in [2.45, 2.75) is 46.8 Å². The lowest BCUT2D eigenvalue weighted by molar-refractivity contribution is -0.149. The van der Waals surface area contributed by atoms with Gasteiger partial charge in [0.15, 0.2) is 5.82 Å². The number of rotatable bonds is 8. The predicted octanol–water partition coefficient (Wildman–Crippen LogP) is 1.10. The Bertz CT molecular complexity index is 393. The Morgan fingerprint density at radius 1 is 1.50 bits per heavy atom. The summed E-state index contributed by atoms with van der Waals surface area (Å²) in [6, 6.07) is 0. The van der Waals surface area contributed by atoms with E-state index in [0.717, 1.165) is 6.42 Å². The second-order valence-corrected chi connectivity index (χ2v) is 4.52. The van der Waals surface area contributed by atoms with Crippen LogP contribution in [0.4, 0.5) is 0 Å². The molecule has 1 aromatic heterocycles. The number of carboxylic acid groups (broad SMARTS) is 1. The zero-order valence-corrected chi connectivity index (χ0v) is 11.1. The molecule has 1 rings (SSSR count). The predicted molar refractivity (Wildman–Crippen MR) is 63.8 cm³/mol. The Balaban J connectivity index is 2.72. The quantitative estimate of drug-likeness (QED) is 0.700. The molecular weight excluding hydrogens is 236 g/mol. The van der Waals surface area contributed by atoms with Crippen molar-refractivity contribution in [2.75, 3.05) is 6.61 Å². The number of hydrogen-bond acceptors (Lipinski definition) is 5. The molecule has 0 bridgehead atoms. The van der Waals surface area contributed by atoms with Crippen LogP contribution in [-0.4, -0.2) is 37.9 Å². The summed E-state index contributed by atoms with van der Waals surface area (Å²) in [6.45, 7) is 6.73. The summed E-state index contributed by atoms with van der Waals surface area (Å²) < 4.78 is 6.87. The Hall–Kier alpha value is -1.50. The largest absolute Gasteiger partial charge is 0.481 e. The number of aliphatic carboxylic acids is 1. The molecule has 1 atom stereocenters. The third kappa shape index (κ3) is 3.49. The monoisotopic (exact) mass is 256 g/mol. The fraction of sp³-hybridized carbons (Fsp3) is 0.818. The van der Waals surface area contributed by atoms with Gasteiger partial charge in [0.1, 0.15) is 6.61 Å². The Morgan fingerprint density at radius 2 is 2.22 bits per heavy atom. The number of nitrogens with zero attached hydrogens (tertiary/aromatic N) is 4. The molecule has 18 heavy (non-hydrogen) atoms. The molecule has 1 heterocycles. The summed E-state index contributed by atoms with van der Waals surface area (Å²) in [6.07, 6.45) is 1.43. The molecular formula is C11H20N4O3. The zero-order chi connectivity index (χ0) is 13.6. The van der Waals surface area contributed by atoms with Crippen LogP contribution < -0.4 is 0 Å². The molecule has 0 fully saturated rings. The van der Waals surface area contributed by atoms with E-state index in [9.17, 15) is 9.90 Å². The third-order valence-corrected chi connectivity index (χ3v) is 2.98. The standard InChI is InChI=1S/C11H20N4O3/c1-4-6-18-7-9-12-13-14-15(9)8-11(3,5-2)10(16)17/h4-8H2,1-3H3,(H,16,17). The van der Waals surface area contributed by atoms with Gasteiger partial charge in [-0.1, -0.05) is 13.8 Å². The maximum Gasteiger partial charge on any atom is 0.311 e. The summed E-state index contributed by atoms with van der Waals surface area (Å²) >= 11 is 0. The first-order valence-electron chi connectivity index (χ1n) is 6.09. The van der Waals surface area contributed by atoms with Gasteiger partial charge in [-0.15, -0.1) is 5.10 Å². The van der Waals surface area contributed by atoms with Gasteiger partial charge in [0.25, 0.3) is 0 Å². The number of carboxylic acids is 1. The van der Waals surface area contributed by atoms with Gasteiger partial charge in [0.05, 0.1) is 12.0 Å². The van der Waals surface area contributed by atoms with Crippen LogP contribution in [0.15, 0.2) is 0 Å². The van der Waals surface area contributed by atoms with Gasteiger partial charge in [-0.05, 0) is 30.2 Å². The minimum atomic E-state index is -0.866. The molecule has 0 aliphatic heterocycles. The van der Waals surface area contributed by atoms with Gasteiger partial charge in [-0.25, -0.2) is 4.68 Å². The minimum absolute atomic E-state index is 0.247. The van der Waals surface area contributed by atoms with E-state index < -0.39 is 11.4 Å². The van der Waals surface area contributed by atoms with Crippen LogP contribution in [0.1, 0.15) is 39.4 Å². The minimum Gasteiger partial charge on any atom is -0.481 e. The van der Waals surface area contributed by atoms with Crippen molar-refractivity contribution < 1.29 is 14.6 Å². The molecule has 0 amide bonds. The number of ether oxygens (including phenoxy) is 1. The second kappa shape index (κ2) is 6.44. The van der Waals surface area contributed by atoms with E-state index in [4.69, 9.17) is 4.74 Å². The Morgan fingerprint density at radius 3 is 2.78 bits per heavy atom. The van der Waals surface area contributed by atoms with Crippen LogP contribution in [0, 0.1) is 5.41 Å². The fourth-order valence-corrected chi connectivity index (χ4v) is 1.42. The summed E-state index contributed by atoms with van der Waals surface area (Å²) in [5, 5.41) is 20.5. The normalized spacial score (nSPS) is 14.4. The summed E-state index contributed by atoms with van der Waals surface area (Å²) in [4.78, 5) is 11.2. The highest BCUT2D eigenvalue weighted by molar-refractivity contribution is 5.73. The van der Waals surface area contributed by atoms with Crippen LogP contribution in [0.2, 0.25) is 0 Å². The third-order valence-electron chi connectivity index (χ3n) is 2.98. The lowest BCUT2D eigenvalue weighted by atomic mass is 9.88. The molecule has 0 spiro atoms. The van der Waals surface area contributed by atoms with E-state index in [1.807, 2.05) is 13.8 Å². The topological polar surface area (TPSA) is 90.1 Å². The highest BCUT2D eigenvalue weighted by Crippen LogP contribution is 2.23. The lowest BCUT2D eigenvalue weighted by Crippen LogP contribution is -2.33. The van der Waals surface area contributed by atoms with Crippen LogP contribution in [0.5, 0.6) is 0 Å². The van der Waals surface area contributed by atoms with Crippen molar-refractivity contribution >= 4 is 5.97 Å². The van der Waals surface area contributed by atoms with E-state index in [1.54, 1.807) is 6.92 Å². The van der Waals surface area contributed by atoms with Gasteiger partial charge in [0.2, 0.25) is 0 Å². The molecule has 0 aliphatic rings. The summed E-state index contributed by atoms with van der Waals surface area (Å²) in [5.74, 6) is -0.287. The van der Waals surface area contributed by atoms with Crippen molar-refractivity contribution in [1.29, 1.82) is 0 Å². The highest BCUT2D eigenvalue weighted by Gasteiger charge is 2.33. The lowest BCUT2D eigenvalue weighted by Gasteiger charge is -2.22. The molecule has 0 saturated heterocycles. The van der Waals surface area contributed by atoms with E-state index in [-0.39, 0.29) is 6.54 Å². The summed E-state index contributed by atoms with van der Waals surface area (Å²) in [5.41, 5.74) is -0.866. The molecule has 0 saturated carbocycles. The Labute approximate surface area is 106 Å². The second-order valence-electron chi connectivity index (χ2n) is 4.52. The molecule has 7 nitrogen and oxygen atoms in total. The van der Waals surface area contributed by atoms with Gasteiger partial charge in [0, 0.05) is 6.61 Å².